The number of nitrogens with two attached hydrogens (primary N) is 1. The van der Waals surface area contributed by atoms with Crippen LogP contribution in [0.4, 0.5) is 10.5 Å². The molecule has 0 aliphatic carbocycles. The molecule has 0 spiro atoms. The Kier molecular flexibility index (Phi) is 5.27. The highest BCUT2D eigenvalue weighted by Crippen LogP contribution is 2.22. The average molecular weight is 296 g/mol. The van der Waals surface area contributed by atoms with E-state index in [0.717, 1.165) is 5.56 Å². The van der Waals surface area contributed by atoms with E-state index in [1.165, 1.54) is 0 Å². The molecule has 0 atom stereocenters. The highest BCUT2D eigenvalue weighted by molar-refractivity contribution is 5.67. The molecule has 5 heteroatoms. The number of amides is 1. The number of carbonyl (C=O) groups excluding carboxylic acids is 1. The van der Waals surface area contributed by atoms with E-state index in [-0.39, 0.29) is 24.6 Å². The number of nitrogens with one attached hydrogen (secondary N) is 1. The van der Waals surface area contributed by atoms with Crippen LogP contribution in [-0.4, -0.2) is 17.7 Å². The fourth-order valence-electron chi connectivity index (χ4n) is 1.69. The lowest BCUT2D eigenvalue weighted by Gasteiger charge is -2.04. The van der Waals surface area contributed by atoms with Gasteiger partial charge in [0.25, 0.3) is 0 Å². The van der Waals surface area contributed by atoms with E-state index in [9.17, 15) is 9.90 Å². The number of hydrogen-bond acceptors (Lipinski definition) is 4. The standard InChI is InChI=1S/C17H16N2O3/c18-15-10-4-8-14(16(15)20)9-5-11-19-17(21)22-12-13-6-2-1-3-7-13/h1-4,6-8,10,20H,11-12,18H2,(H,19,21). The van der Waals surface area contributed by atoms with Gasteiger partial charge in [0.15, 0.2) is 5.75 Å². The third kappa shape index (κ3) is 4.46. The Labute approximate surface area is 128 Å². The van der Waals surface area contributed by atoms with Gasteiger partial charge in [-0.2, -0.15) is 0 Å². The molecule has 0 aliphatic heterocycles. The summed E-state index contributed by atoms with van der Waals surface area (Å²) in [5.41, 5.74) is 7.15. The molecule has 0 bridgehead atoms. The third-order valence-corrected chi connectivity index (χ3v) is 2.82. The van der Waals surface area contributed by atoms with E-state index in [1.807, 2.05) is 30.3 Å². The first kappa shape index (κ1) is 15.3. The molecule has 2 aromatic carbocycles. The fraction of sp³-hybridized carbons (Fsp3) is 0.118. The van der Waals surface area contributed by atoms with Crippen molar-refractivity contribution in [2.75, 3.05) is 12.3 Å². The summed E-state index contributed by atoms with van der Waals surface area (Å²) in [6.45, 7) is 0.317. The predicted octanol–water partition coefficient (Wildman–Crippen LogP) is 2.25. The van der Waals surface area contributed by atoms with E-state index < -0.39 is 6.09 Å². The highest BCUT2D eigenvalue weighted by atomic mass is 16.5. The quantitative estimate of drug-likeness (QED) is 0.461. The molecule has 0 unspecified atom stereocenters. The Morgan fingerprint density at radius 2 is 1.95 bits per heavy atom. The Bertz CT molecular complexity index is 703. The zero-order chi connectivity index (χ0) is 15.8. The molecule has 5 nitrogen and oxygen atoms in total. The molecule has 0 saturated carbocycles. The van der Waals surface area contributed by atoms with Gasteiger partial charge in [0.2, 0.25) is 0 Å². The average Bonchev–Trinajstić information content (AvgIpc) is 2.54. The van der Waals surface area contributed by atoms with Gasteiger partial charge in [-0.25, -0.2) is 4.79 Å². The molecule has 4 N–H and O–H groups in total. The zero-order valence-electron chi connectivity index (χ0n) is 11.9. The van der Waals surface area contributed by atoms with Gasteiger partial charge >= 0.3 is 6.09 Å². The van der Waals surface area contributed by atoms with Crippen LogP contribution in [0.25, 0.3) is 0 Å². The summed E-state index contributed by atoms with van der Waals surface area (Å²) < 4.78 is 5.04. The second-order valence-electron chi connectivity index (χ2n) is 4.46. The molecule has 0 heterocycles. The predicted molar refractivity (Wildman–Crippen MR) is 84.0 cm³/mol. The van der Waals surface area contributed by atoms with Crippen molar-refractivity contribution in [3.05, 3.63) is 59.7 Å². The number of aromatic hydroxyl groups is 1. The number of anilines is 1. The number of benzene rings is 2. The normalized spacial score (nSPS) is 9.45. The lowest BCUT2D eigenvalue weighted by Crippen LogP contribution is -2.24. The first-order valence-electron chi connectivity index (χ1n) is 6.67. The number of ether oxygens (including phenoxy) is 1. The summed E-state index contributed by atoms with van der Waals surface area (Å²) in [6.07, 6.45) is -0.546. The summed E-state index contributed by atoms with van der Waals surface area (Å²) in [7, 11) is 0. The maximum Gasteiger partial charge on any atom is 0.408 e. The minimum atomic E-state index is -0.546. The molecule has 0 aliphatic rings. The van der Waals surface area contributed by atoms with Crippen LogP contribution < -0.4 is 11.1 Å². The van der Waals surface area contributed by atoms with Gasteiger partial charge in [-0.3, -0.25) is 0 Å². The Morgan fingerprint density at radius 3 is 2.73 bits per heavy atom. The van der Waals surface area contributed by atoms with Crippen LogP contribution in [0.3, 0.4) is 0 Å². The van der Waals surface area contributed by atoms with E-state index in [2.05, 4.69) is 17.2 Å². The summed E-state index contributed by atoms with van der Waals surface area (Å²) in [4.78, 5) is 11.5. The van der Waals surface area contributed by atoms with E-state index in [0.29, 0.717) is 5.56 Å². The molecule has 112 valence electrons. The number of alkyl carbamates (subject to hydrolysis) is 1. The molecule has 0 aromatic heterocycles. The highest BCUT2D eigenvalue weighted by Gasteiger charge is 2.01. The second-order valence-corrected chi connectivity index (χ2v) is 4.46. The van der Waals surface area contributed by atoms with Crippen molar-refractivity contribution in [2.45, 2.75) is 6.61 Å². The minimum Gasteiger partial charge on any atom is -0.505 e. The number of nitrogen functional groups attached to an aromatic ring is 1. The first-order valence-corrected chi connectivity index (χ1v) is 6.67. The van der Waals surface area contributed by atoms with Crippen LogP contribution in [0.5, 0.6) is 5.75 Å². The van der Waals surface area contributed by atoms with Gasteiger partial charge in [-0.15, -0.1) is 0 Å². The van der Waals surface area contributed by atoms with Gasteiger partial charge in [0.05, 0.1) is 17.8 Å². The van der Waals surface area contributed by atoms with Crippen molar-refractivity contribution in [2.24, 2.45) is 0 Å². The van der Waals surface area contributed by atoms with Crippen molar-refractivity contribution < 1.29 is 14.6 Å². The summed E-state index contributed by atoms with van der Waals surface area (Å²) in [5.74, 6) is 5.40. The number of phenols is 1. The van der Waals surface area contributed by atoms with Gasteiger partial charge < -0.3 is 20.9 Å². The molecular weight excluding hydrogens is 280 g/mol. The monoisotopic (exact) mass is 296 g/mol. The lowest BCUT2D eigenvalue weighted by atomic mass is 10.2. The first-order chi connectivity index (χ1) is 10.7. The van der Waals surface area contributed by atoms with Crippen LogP contribution in [0, 0.1) is 11.8 Å². The van der Waals surface area contributed by atoms with Crippen molar-refractivity contribution in [1.29, 1.82) is 0 Å². The second kappa shape index (κ2) is 7.60. The topological polar surface area (TPSA) is 84.6 Å². The van der Waals surface area contributed by atoms with Gasteiger partial charge in [0.1, 0.15) is 6.61 Å². The van der Waals surface area contributed by atoms with E-state index in [4.69, 9.17) is 10.5 Å². The molecule has 22 heavy (non-hydrogen) atoms. The number of rotatable bonds is 3. The SMILES string of the molecule is Nc1cccc(C#CCNC(=O)OCc2ccccc2)c1O. The van der Waals surface area contributed by atoms with Gasteiger partial charge in [0, 0.05) is 0 Å². The third-order valence-electron chi connectivity index (χ3n) is 2.82. The lowest BCUT2D eigenvalue weighted by molar-refractivity contribution is 0.141. The summed E-state index contributed by atoms with van der Waals surface area (Å²) >= 11 is 0. The van der Waals surface area contributed by atoms with Crippen molar-refractivity contribution in [3.63, 3.8) is 0 Å². The molecule has 1 amide bonds. The molecular formula is C17H16N2O3. The molecule has 2 aromatic rings. The Balaban J connectivity index is 1.78. The largest absolute Gasteiger partial charge is 0.505 e. The van der Waals surface area contributed by atoms with Crippen molar-refractivity contribution in [1.82, 2.24) is 5.32 Å². The Morgan fingerprint density at radius 1 is 1.18 bits per heavy atom. The van der Waals surface area contributed by atoms with Crippen LogP contribution in [0.2, 0.25) is 0 Å². The van der Waals surface area contributed by atoms with Crippen LogP contribution in [0.1, 0.15) is 11.1 Å². The number of carbonyl (C=O) groups is 1. The summed E-state index contributed by atoms with van der Waals surface area (Å²) in [6, 6.07) is 14.3. The smallest absolute Gasteiger partial charge is 0.408 e. The number of para-hydroxylation sites is 1. The van der Waals surface area contributed by atoms with E-state index in [1.54, 1.807) is 18.2 Å². The molecule has 0 radical (unpaired) electrons. The maximum absolute atomic E-state index is 11.5. The maximum atomic E-state index is 11.5. The number of phenolic OH excluding ortho intramolecular Hbond substituents is 1. The van der Waals surface area contributed by atoms with Gasteiger partial charge in [-0.05, 0) is 17.7 Å². The van der Waals surface area contributed by atoms with Crippen LogP contribution in [0.15, 0.2) is 48.5 Å². The fourth-order valence-corrected chi connectivity index (χ4v) is 1.69. The van der Waals surface area contributed by atoms with Crippen molar-refractivity contribution in [3.8, 4) is 17.6 Å². The molecule has 0 fully saturated rings. The van der Waals surface area contributed by atoms with E-state index >= 15 is 0 Å². The van der Waals surface area contributed by atoms with Crippen LogP contribution in [-0.2, 0) is 11.3 Å². The number of hydrogen-bond donors (Lipinski definition) is 3. The van der Waals surface area contributed by atoms with Crippen LogP contribution >= 0.6 is 0 Å². The molecule has 2 rings (SSSR count). The zero-order valence-corrected chi connectivity index (χ0v) is 11.9. The van der Waals surface area contributed by atoms with Gasteiger partial charge in [-0.1, -0.05) is 48.2 Å². The minimum absolute atomic E-state index is 0.0540. The Hall–Kier alpha value is -3.13. The molecule has 0 saturated heterocycles. The van der Waals surface area contributed by atoms with Crippen molar-refractivity contribution >= 4 is 11.8 Å². The summed E-state index contributed by atoms with van der Waals surface area (Å²) in [5, 5.41) is 12.2.